The van der Waals surface area contributed by atoms with Crippen molar-refractivity contribution in [1.82, 2.24) is 0 Å². The van der Waals surface area contributed by atoms with E-state index in [1.807, 2.05) is 32.0 Å². The standard InChI is InChI=1S/C13H16BrNO2/c1-10-5-3-6-11(2)13(10)15(7-4-8-16)12(17)9-14/h3,5-6,8H,4,7,9H2,1-2H3. The minimum Gasteiger partial charge on any atom is -0.311 e. The molecule has 0 N–H and O–H groups in total. The molecular weight excluding hydrogens is 282 g/mol. The van der Waals surface area contributed by atoms with Gasteiger partial charge in [0, 0.05) is 18.7 Å². The average molecular weight is 298 g/mol. The van der Waals surface area contributed by atoms with E-state index in [1.165, 1.54) is 0 Å². The Morgan fingerprint density at radius 3 is 2.41 bits per heavy atom. The highest BCUT2D eigenvalue weighted by molar-refractivity contribution is 9.09. The number of hydrogen-bond acceptors (Lipinski definition) is 2. The van der Waals surface area contributed by atoms with Gasteiger partial charge in [-0.1, -0.05) is 34.1 Å². The molecule has 0 unspecified atom stereocenters. The normalized spacial score (nSPS) is 10.1. The maximum Gasteiger partial charge on any atom is 0.237 e. The lowest BCUT2D eigenvalue weighted by Crippen LogP contribution is -2.34. The van der Waals surface area contributed by atoms with Gasteiger partial charge in [-0.15, -0.1) is 0 Å². The fourth-order valence-corrected chi connectivity index (χ4v) is 2.15. The summed E-state index contributed by atoms with van der Waals surface area (Å²) in [6.45, 7) is 4.37. The number of nitrogens with zero attached hydrogens (tertiary/aromatic N) is 1. The lowest BCUT2D eigenvalue weighted by Gasteiger charge is -2.25. The van der Waals surface area contributed by atoms with Gasteiger partial charge in [0.05, 0.1) is 5.33 Å². The molecule has 0 aromatic heterocycles. The van der Waals surface area contributed by atoms with Gasteiger partial charge in [0.1, 0.15) is 6.29 Å². The van der Waals surface area contributed by atoms with Gasteiger partial charge in [-0.3, -0.25) is 4.79 Å². The molecule has 1 amide bonds. The molecule has 0 radical (unpaired) electrons. The van der Waals surface area contributed by atoms with Gasteiger partial charge in [-0.25, -0.2) is 0 Å². The number of para-hydroxylation sites is 1. The zero-order valence-electron chi connectivity index (χ0n) is 10.1. The van der Waals surface area contributed by atoms with Crippen LogP contribution in [0.5, 0.6) is 0 Å². The number of benzene rings is 1. The van der Waals surface area contributed by atoms with Crippen molar-refractivity contribution in [3.05, 3.63) is 29.3 Å². The van der Waals surface area contributed by atoms with Gasteiger partial charge in [-0.05, 0) is 25.0 Å². The SMILES string of the molecule is Cc1cccc(C)c1N(CCC=O)C(=O)CBr. The van der Waals surface area contributed by atoms with E-state index in [-0.39, 0.29) is 11.2 Å². The molecule has 1 aromatic rings. The van der Waals surface area contributed by atoms with E-state index < -0.39 is 0 Å². The van der Waals surface area contributed by atoms with Gasteiger partial charge < -0.3 is 9.69 Å². The number of carbonyl (C=O) groups excluding carboxylic acids is 2. The van der Waals surface area contributed by atoms with Crippen molar-refractivity contribution in [2.45, 2.75) is 20.3 Å². The molecule has 0 bridgehead atoms. The number of anilines is 1. The summed E-state index contributed by atoms with van der Waals surface area (Å²) in [5, 5.41) is 0.264. The summed E-state index contributed by atoms with van der Waals surface area (Å²) in [4.78, 5) is 24.0. The van der Waals surface area contributed by atoms with Crippen molar-refractivity contribution in [2.24, 2.45) is 0 Å². The van der Waals surface area contributed by atoms with Crippen molar-refractivity contribution in [2.75, 3.05) is 16.8 Å². The molecule has 1 rings (SSSR count). The molecular formula is C13H16BrNO2. The topological polar surface area (TPSA) is 37.4 Å². The van der Waals surface area contributed by atoms with Crippen LogP contribution in [0, 0.1) is 13.8 Å². The largest absolute Gasteiger partial charge is 0.311 e. The van der Waals surface area contributed by atoms with Crippen LogP contribution >= 0.6 is 15.9 Å². The monoisotopic (exact) mass is 297 g/mol. The molecule has 1 aromatic carbocycles. The summed E-state index contributed by atoms with van der Waals surface area (Å²) in [6, 6.07) is 5.90. The number of alkyl halides is 1. The predicted molar refractivity (Wildman–Crippen MR) is 72.7 cm³/mol. The number of aldehydes is 1. The quantitative estimate of drug-likeness (QED) is 0.619. The van der Waals surface area contributed by atoms with Crippen molar-refractivity contribution in [3.63, 3.8) is 0 Å². The first-order chi connectivity index (χ1) is 8.11. The molecule has 4 heteroatoms. The Morgan fingerprint density at radius 2 is 1.94 bits per heavy atom. The van der Waals surface area contributed by atoms with E-state index in [0.29, 0.717) is 13.0 Å². The van der Waals surface area contributed by atoms with E-state index in [4.69, 9.17) is 0 Å². The van der Waals surface area contributed by atoms with E-state index in [0.717, 1.165) is 23.1 Å². The zero-order valence-corrected chi connectivity index (χ0v) is 11.7. The van der Waals surface area contributed by atoms with Crippen LogP contribution < -0.4 is 4.90 Å². The lowest BCUT2D eigenvalue weighted by atomic mass is 10.1. The summed E-state index contributed by atoms with van der Waals surface area (Å²) in [7, 11) is 0. The van der Waals surface area contributed by atoms with E-state index in [9.17, 15) is 9.59 Å². The first-order valence-corrected chi connectivity index (χ1v) is 6.60. The Morgan fingerprint density at radius 1 is 1.35 bits per heavy atom. The fraction of sp³-hybridized carbons (Fsp3) is 0.385. The second-order valence-corrected chi connectivity index (χ2v) is 4.44. The number of halogens is 1. The Hall–Kier alpha value is -1.16. The van der Waals surface area contributed by atoms with E-state index >= 15 is 0 Å². The zero-order chi connectivity index (χ0) is 12.8. The Bertz CT molecular complexity index is 398. The van der Waals surface area contributed by atoms with Gasteiger partial charge >= 0.3 is 0 Å². The highest BCUT2D eigenvalue weighted by Crippen LogP contribution is 2.25. The number of hydrogen-bond donors (Lipinski definition) is 0. The van der Waals surface area contributed by atoms with Crippen LogP contribution in [0.2, 0.25) is 0 Å². The molecule has 0 saturated carbocycles. The van der Waals surface area contributed by atoms with Gasteiger partial charge in [0.15, 0.2) is 0 Å². The molecule has 0 aliphatic rings. The Labute approximate surface area is 110 Å². The van der Waals surface area contributed by atoms with Gasteiger partial charge in [0.2, 0.25) is 5.91 Å². The summed E-state index contributed by atoms with van der Waals surface area (Å²) < 4.78 is 0. The lowest BCUT2D eigenvalue weighted by molar-refractivity contribution is -0.116. The highest BCUT2D eigenvalue weighted by Gasteiger charge is 2.17. The average Bonchev–Trinajstić information content (AvgIpc) is 2.32. The first-order valence-electron chi connectivity index (χ1n) is 5.48. The molecule has 0 heterocycles. The molecule has 0 atom stereocenters. The second-order valence-electron chi connectivity index (χ2n) is 3.87. The van der Waals surface area contributed by atoms with Crippen LogP contribution in [0.4, 0.5) is 5.69 Å². The van der Waals surface area contributed by atoms with Crippen LogP contribution in [0.3, 0.4) is 0 Å². The van der Waals surface area contributed by atoms with Crippen molar-refractivity contribution in [1.29, 1.82) is 0 Å². The molecule has 3 nitrogen and oxygen atoms in total. The molecule has 0 fully saturated rings. The maximum atomic E-state index is 11.9. The number of rotatable bonds is 5. The number of aryl methyl sites for hydroxylation is 2. The number of carbonyl (C=O) groups is 2. The third-order valence-corrected chi connectivity index (χ3v) is 3.08. The summed E-state index contributed by atoms with van der Waals surface area (Å²) in [6.07, 6.45) is 1.19. The Balaban J connectivity index is 3.11. The summed E-state index contributed by atoms with van der Waals surface area (Å²) in [5.41, 5.74) is 3.01. The highest BCUT2D eigenvalue weighted by atomic mass is 79.9. The molecule has 0 aliphatic heterocycles. The van der Waals surface area contributed by atoms with Crippen LogP contribution in [0.25, 0.3) is 0 Å². The maximum absolute atomic E-state index is 11.9. The fourth-order valence-electron chi connectivity index (χ4n) is 1.85. The summed E-state index contributed by atoms with van der Waals surface area (Å²) in [5.74, 6) is -0.0238. The third-order valence-electron chi connectivity index (χ3n) is 2.60. The second kappa shape index (κ2) is 6.55. The molecule has 17 heavy (non-hydrogen) atoms. The van der Waals surface area contributed by atoms with Crippen LogP contribution in [0.1, 0.15) is 17.5 Å². The summed E-state index contributed by atoms with van der Waals surface area (Å²) >= 11 is 3.17. The van der Waals surface area contributed by atoms with Crippen molar-refractivity contribution < 1.29 is 9.59 Å². The molecule has 0 saturated heterocycles. The molecule has 0 aliphatic carbocycles. The first kappa shape index (κ1) is 13.9. The molecule has 0 spiro atoms. The van der Waals surface area contributed by atoms with E-state index in [2.05, 4.69) is 15.9 Å². The number of amides is 1. The Kier molecular flexibility index (Phi) is 5.35. The minimum atomic E-state index is -0.0238. The predicted octanol–water partition coefficient (Wildman–Crippen LogP) is 2.62. The van der Waals surface area contributed by atoms with Crippen LogP contribution in [0.15, 0.2) is 18.2 Å². The van der Waals surface area contributed by atoms with Crippen molar-refractivity contribution in [3.8, 4) is 0 Å². The molecule has 92 valence electrons. The van der Waals surface area contributed by atoms with E-state index in [1.54, 1.807) is 4.90 Å². The van der Waals surface area contributed by atoms with Gasteiger partial charge in [-0.2, -0.15) is 0 Å². The van der Waals surface area contributed by atoms with Crippen LogP contribution in [-0.2, 0) is 9.59 Å². The van der Waals surface area contributed by atoms with Gasteiger partial charge in [0.25, 0.3) is 0 Å². The van der Waals surface area contributed by atoms with Crippen molar-refractivity contribution >= 4 is 33.8 Å². The smallest absolute Gasteiger partial charge is 0.237 e. The minimum absolute atomic E-state index is 0.0238. The van der Waals surface area contributed by atoms with Crippen LogP contribution in [-0.4, -0.2) is 24.1 Å². The third kappa shape index (κ3) is 3.40.